The molecule has 0 bridgehead atoms. The Morgan fingerprint density at radius 2 is 2.21 bits per heavy atom. The van der Waals surface area contributed by atoms with Gasteiger partial charge in [-0.2, -0.15) is 0 Å². The van der Waals surface area contributed by atoms with Crippen LogP contribution in [0.4, 0.5) is 5.69 Å². The third kappa shape index (κ3) is 4.35. The number of hydrogen-bond donors (Lipinski definition) is 2. The molecule has 1 heterocycles. The Kier molecular flexibility index (Phi) is 4.97. The molecule has 2 N–H and O–H groups in total. The molecule has 2 rings (SSSR count). The molecular formula is C16H24N2O. The minimum Gasteiger partial charge on any atom is -0.326 e. The molecule has 3 heteroatoms. The van der Waals surface area contributed by atoms with E-state index in [0.717, 1.165) is 24.2 Å². The minimum absolute atomic E-state index is 0.124. The average Bonchev–Trinajstić information content (AvgIpc) is 2.41. The summed E-state index contributed by atoms with van der Waals surface area (Å²) in [6.45, 7) is 5.20. The van der Waals surface area contributed by atoms with Crippen LogP contribution in [-0.2, 0) is 4.79 Å². The zero-order valence-electron chi connectivity index (χ0n) is 12.0. The van der Waals surface area contributed by atoms with Crippen molar-refractivity contribution in [1.82, 2.24) is 5.32 Å². The summed E-state index contributed by atoms with van der Waals surface area (Å²) >= 11 is 0. The number of anilines is 1. The van der Waals surface area contributed by atoms with Gasteiger partial charge in [0.15, 0.2) is 0 Å². The second-order valence-electron chi connectivity index (χ2n) is 5.55. The van der Waals surface area contributed by atoms with Crippen LogP contribution in [-0.4, -0.2) is 18.5 Å². The van der Waals surface area contributed by atoms with Crippen molar-refractivity contribution in [2.75, 3.05) is 11.9 Å². The Bertz CT molecular complexity index is 436. The van der Waals surface area contributed by atoms with Crippen molar-refractivity contribution >= 4 is 11.6 Å². The number of rotatable bonds is 4. The molecule has 1 saturated heterocycles. The lowest BCUT2D eigenvalue weighted by atomic mass is 10.0. The van der Waals surface area contributed by atoms with Crippen molar-refractivity contribution in [3.8, 4) is 0 Å². The Labute approximate surface area is 115 Å². The van der Waals surface area contributed by atoms with Gasteiger partial charge >= 0.3 is 0 Å². The first-order valence-corrected chi connectivity index (χ1v) is 7.25. The number of carbonyl (C=O) groups is 1. The number of nitrogens with one attached hydrogen (secondary N) is 2. The van der Waals surface area contributed by atoms with Crippen molar-refractivity contribution in [1.29, 1.82) is 0 Å². The third-order valence-electron chi connectivity index (χ3n) is 3.79. The number of hydrogen-bond acceptors (Lipinski definition) is 2. The van der Waals surface area contributed by atoms with Crippen LogP contribution in [0.5, 0.6) is 0 Å². The van der Waals surface area contributed by atoms with Crippen LogP contribution < -0.4 is 10.6 Å². The molecule has 1 amide bonds. The molecular weight excluding hydrogens is 236 g/mol. The van der Waals surface area contributed by atoms with Crippen LogP contribution in [0, 0.1) is 13.8 Å². The lowest BCUT2D eigenvalue weighted by molar-refractivity contribution is -0.116. The van der Waals surface area contributed by atoms with E-state index in [-0.39, 0.29) is 5.91 Å². The third-order valence-corrected chi connectivity index (χ3v) is 3.79. The molecule has 19 heavy (non-hydrogen) atoms. The molecule has 1 aliphatic heterocycles. The first-order valence-electron chi connectivity index (χ1n) is 7.25. The minimum atomic E-state index is 0.124. The molecule has 1 atom stereocenters. The topological polar surface area (TPSA) is 41.1 Å². The highest BCUT2D eigenvalue weighted by Crippen LogP contribution is 2.17. The van der Waals surface area contributed by atoms with Crippen molar-refractivity contribution in [3.63, 3.8) is 0 Å². The van der Waals surface area contributed by atoms with Gasteiger partial charge in [0, 0.05) is 18.2 Å². The summed E-state index contributed by atoms with van der Waals surface area (Å²) in [5.41, 5.74) is 3.29. The van der Waals surface area contributed by atoms with Gasteiger partial charge in [-0.3, -0.25) is 4.79 Å². The van der Waals surface area contributed by atoms with E-state index >= 15 is 0 Å². The zero-order valence-corrected chi connectivity index (χ0v) is 12.0. The number of benzene rings is 1. The van der Waals surface area contributed by atoms with Gasteiger partial charge < -0.3 is 10.6 Å². The quantitative estimate of drug-likeness (QED) is 0.873. The number of aryl methyl sites for hydroxylation is 2. The van der Waals surface area contributed by atoms with Gasteiger partial charge in [0.1, 0.15) is 0 Å². The molecule has 1 unspecified atom stereocenters. The number of carbonyl (C=O) groups excluding carboxylic acids is 1. The summed E-state index contributed by atoms with van der Waals surface area (Å²) in [4.78, 5) is 12.0. The van der Waals surface area contributed by atoms with Crippen LogP contribution >= 0.6 is 0 Å². The SMILES string of the molecule is Cc1ccc(NC(=O)CCC2CCCCN2)c(C)c1. The molecule has 0 aromatic heterocycles. The van der Waals surface area contributed by atoms with E-state index in [9.17, 15) is 4.79 Å². The van der Waals surface area contributed by atoms with E-state index in [1.54, 1.807) is 0 Å². The molecule has 1 aromatic carbocycles. The second-order valence-corrected chi connectivity index (χ2v) is 5.55. The van der Waals surface area contributed by atoms with E-state index in [4.69, 9.17) is 0 Å². The molecule has 104 valence electrons. The van der Waals surface area contributed by atoms with Gasteiger partial charge in [-0.05, 0) is 51.3 Å². The number of amides is 1. The highest BCUT2D eigenvalue weighted by molar-refractivity contribution is 5.91. The van der Waals surface area contributed by atoms with Crippen LogP contribution in [0.1, 0.15) is 43.2 Å². The fourth-order valence-electron chi connectivity index (χ4n) is 2.64. The molecule has 1 fully saturated rings. The average molecular weight is 260 g/mol. The predicted octanol–water partition coefficient (Wildman–Crippen LogP) is 3.16. The summed E-state index contributed by atoms with van der Waals surface area (Å²) in [7, 11) is 0. The molecule has 3 nitrogen and oxygen atoms in total. The van der Waals surface area contributed by atoms with Gasteiger partial charge in [-0.1, -0.05) is 24.1 Å². The van der Waals surface area contributed by atoms with Crippen LogP contribution in [0.15, 0.2) is 18.2 Å². The second kappa shape index (κ2) is 6.71. The smallest absolute Gasteiger partial charge is 0.224 e. The fraction of sp³-hybridized carbons (Fsp3) is 0.562. The predicted molar refractivity (Wildman–Crippen MR) is 79.4 cm³/mol. The van der Waals surface area contributed by atoms with Gasteiger partial charge in [0.05, 0.1) is 0 Å². The standard InChI is InChI=1S/C16H24N2O/c1-12-6-8-15(13(2)11-12)18-16(19)9-7-14-5-3-4-10-17-14/h6,8,11,14,17H,3-5,7,9-10H2,1-2H3,(H,18,19). The monoisotopic (exact) mass is 260 g/mol. The Balaban J connectivity index is 1.80. The Morgan fingerprint density at radius 1 is 1.37 bits per heavy atom. The molecule has 0 radical (unpaired) electrons. The maximum Gasteiger partial charge on any atom is 0.224 e. The van der Waals surface area contributed by atoms with Crippen molar-refractivity contribution < 1.29 is 4.79 Å². The Morgan fingerprint density at radius 3 is 2.89 bits per heavy atom. The lowest BCUT2D eigenvalue weighted by Gasteiger charge is -2.23. The van der Waals surface area contributed by atoms with E-state index in [1.807, 2.05) is 19.1 Å². The lowest BCUT2D eigenvalue weighted by Crippen LogP contribution is -2.34. The largest absolute Gasteiger partial charge is 0.326 e. The van der Waals surface area contributed by atoms with E-state index in [2.05, 4.69) is 23.6 Å². The number of piperidine rings is 1. The summed E-state index contributed by atoms with van der Waals surface area (Å²) in [5.74, 6) is 0.124. The highest BCUT2D eigenvalue weighted by atomic mass is 16.1. The molecule has 1 aromatic rings. The van der Waals surface area contributed by atoms with Crippen molar-refractivity contribution in [3.05, 3.63) is 29.3 Å². The van der Waals surface area contributed by atoms with Gasteiger partial charge in [0.25, 0.3) is 0 Å². The van der Waals surface area contributed by atoms with Gasteiger partial charge in [-0.15, -0.1) is 0 Å². The van der Waals surface area contributed by atoms with Crippen LogP contribution in [0.25, 0.3) is 0 Å². The summed E-state index contributed by atoms with van der Waals surface area (Å²) in [6, 6.07) is 6.64. The van der Waals surface area contributed by atoms with E-state index in [1.165, 1.54) is 24.8 Å². The van der Waals surface area contributed by atoms with Crippen LogP contribution in [0.2, 0.25) is 0 Å². The van der Waals surface area contributed by atoms with E-state index in [0.29, 0.717) is 12.5 Å². The van der Waals surface area contributed by atoms with Crippen LogP contribution in [0.3, 0.4) is 0 Å². The van der Waals surface area contributed by atoms with Gasteiger partial charge in [0.2, 0.25) is 5.91 Å². The fourth-order valence-corrected chi connectivity index (χ4v) is 2.64. The molecule has 0 spiro atoms. The van der Waals surface area contributed by atoms with Crippen molar-refractivity contribution in [2.45, 2.75) is 52.0 Å². The van der Waals surface area contributed by atoms with Crippen molar-refractivity contribution in [2.24, 2.45) is 0 Å². The zero-order chi connectivity index (χ0) is 13.7. The first-order chi connectivity index (χ1) is 9.15. The Hall–Kier alpha value is -1.35. The molecule has 1 aliphatic rings. The maximum atomic E-state index is 12.0. The summed E-state index contributed by atoms with van der Waals surface area (Å²) in [5, 5.41) is 6.49. The maximum absolute atomic E-state index is 12.0. The summed E-state index contributed by atoms with van der Waals surface area (Å²) < 4.78 is 0. The summed E-state index contributed by atoms with van der Waals surface area (Å²) in [6.07, 6.45) is 5.31. The van der Waals surface area contributed by atoms with E-state index < -0.39 is 0 Å². The molecule has 0 saturated carbocycles. The normalized spacial score (nSPS) is 19.2. The highest BCUT2D eigenvalue weighted by Gasteiger charge is 2.14. The first kappa shape index (κ1) is 14.1. The molecule has 0 aliphatic carbocycles. The van der Waals surface area contributed by atoms with Gasteiger partial charge in [-0.25, -0.2) is 0 Å².